The second-order valence-corrected chi connectivity index (χ2v) is 3.63. The van der Waals surface area contributed by atoms with Gasteiger partial charge in [-0.2, -0.15) is 0 Å². The first kappa shape index (κ1) is 10.1. The Hall–Kier alpha value is -0.940. The van der Waals surface area contributed by atoms with Gasteiger partial charge in [0, 0.05) is 12.6 Å². The summed E-state index contributed by atoms with van der Waals surface area (Å²) < 4.78 is 0. The molecule has 1 aromatic rings. The molecule has 4 nitrogen and oxygen atoms in total. The zero-order valence-corrected chi connectivity index (χ0v) is 8.30. The highest BCUT2D eigenvalue weighted by Gasteiger charge is 2.07. The van der Waals surface area contributed by atoms with Crippen molar-refractivity contribution in [2.45, 2.75) is 19.4 Å². The van der Waals surface area contributed by atoms with Crippen LogP contribution in [0.25, 0.3) is 0 Å². The quantitative estimate of drug-likeness (QED) is 0.746. The molecule has 5 heteroatoms. The molecule has 0 bridgehead atoms. The Morgan fingerprint density at radius 1 is 1.85 bits per heavy atom. The molecule has 0 saturated carbocycles. The molecular weight excluding hydrogens is 186 g/mol. The van der Waals surface area contributed by atoms with Crippen molar-refractivity contribution in [3.8, 4) is 0 Å². The zero-order chi connectivity index (χ0) is 9.68. The smallest absolute Gasteiger partial charge is 0.263 e. The molecule has 0 aromatic carbocycles. The fraction of sp³-hybridized carbons (Fsp3) is 0.500. The summed E-state index contributed by atoms with van der Waals surface area (Å²) in [5.74, 6) is -0.0913. The summed E-state index contributed by atoms with van der Waals surface area (Å²) in [5.41, 5.74) is 7.28. The molecule has 13 heavy (non-hydrogen) atoms. The fourth-order valence-corrected chi connectivity index (χ4v) is 1.32. The van der Waals surface area contributed by atoms with Gasteiger partial charge in [-0.1, -0.05) is 6.92 Å². The van der Waals surface area contributed by atoms with Crippen LogP contribution in [-0.4, -0.2) is 23.5 Å². The molecule has 0 spiro atoms. The van der Waals surface area contributed by atoms with Crippen molar-refractivity contribution in [1.29, 1.82) is 0 Å². The average molecular weight is 199 g/mol. The van der Waals surface area contributed by atoms with Crippen molar-refractivity contribution < 1.29 is 4.79 Å². The van der Waals surface area contributed by atoms with Crippen molar-refractivity contribution >= 4 is 17.2 Å². The van der Waals surface area contributed by atoms with Crippen LogP contribution in [0.5, 0.6) is 0 Å². The Labute approximate surface area is 81.2 Å². The van der Waals surface area contributed by atoms with E-state index in [-0.39, 0.29) is 11.9 Å². The van der Waals surface area contributed by atoms with Crippen LogP contribution < -0.4 is 11.1 Å². The van der Waals surface area contributed by atoms with E-state index in [1.807, 2.05) is 6.92 Å². The molecular formula is C8H13N3OS. The van der Waals surface area contributed by atoms with Crippen LogP contribution in [-0.2, 0) is 0 Å². The van der Waals surface area contributed by atoms with E-state index in [1.54, 1.807) is 11.7 Å². The average Bonchev–Trinajstić information content (AvgIpc) is 2.66. The van der Waals surface area contributed by atoms with Crippen LogP contribution in [0.4, 0.5) is 0 Å². The lowest BCUT2D eigenvalue weighted by Gasteiger charge is -2.08. The predicted octanol–water partition coefficient (Wildman–Crippen LogP) is 0.610. The van der Waals surface area contributed by atoms with Crippen molar-refractivity contribution in [3.05, 3.63) is 16.6 Å². The summed E-state index contributed by atoms with van der Waals surface area (Å²) in [6.45, 7) is 2.51. The highest BCUT2D eigenvalue weighted by molar-refractivity contribution is 7.11. The van der Waals surface area contributed by atoms with E-state index < -0.39 is 0 Å². The molecule has 0 fully saturated rings. The summed E-state index contributed by atoms with van der Waals surface area (Å²) in [7, 11) is 0. The SMILES string of the molecule is CCC(N)CNC(=O)c1cncs1. The second-order valence-electron chi connectivity index (χ2n) is 2.74. The summed E-state index contributed by atoms with van der Waals surface area (Å²) in [5, 5.41) is 2.74. The number of thiazole rings is 1. The molecule has 1 unspecified atom stereocenters. The number of carbonyl (C=O) groups excluding carboxylic acids is 1. The highest BCUT2D eigenvalue weighted by Crippen LogP contribution is 2.04. The minimum Gasteiger partial charge on any atom is -0.350 e. The van der Waals surface area contributed by atoms with E-state index in [1.165, 1.54) is 11.3 Å². The van der Waals surface area contributed by atoms with Gasteiger partial charge in [0.05, 0.1) is 11.7 Å². The summed E-state index contributed by atoms with van der Waals surface area (Å²) in [6, 6.07) is 0.0388. The van der Waals surface area contributed by atoms with Crippen molar-refractivity contribution in [1.82, 2.24) is 10.3 Å². The van der Waals surface area contributed by atoms with Crippen LogP contribution in [0, 0.1) is 0 Å². The van der Waals surface area contributed by atoms with Gasteiger partial charge >= 0.3 is 0 Å². The van der Waals surface area contributed by atoms with Crippen LogP contribution in [0.3, 0.4) is 0 Å². The lowest BCUT2D eigenvalue weighted by molar-refractivity contribution is 0.0955. The topological polar surface area (TPSA) is 68.0 Å². The van der Waals surface area contributed by atoms with E-state index in [2.05, 4.69) is 10.3 Å². The van der Waals surface area contributed by atoms with Crippen LogP contribution in [0.2, 0.25) is 0 Å². The van der Waals surface area contributed by atoms with Gasteiger partial charge in [-0.3, -0.25) is 9.78 Å². The number of nitrogens with zero attached hydrogens (tertiary/aromatic N) is 1. The number of hydrogen-bond donors (Lipinski definition) is 2. The van der Waals surface area contributed by atoms with Crippen LogP contribution >= 0.6 is 11.3 Å². The number of aromatic nitrogens is 1. The third-order valence-corrected chi connectivity index (χ3v) is 2.48. The maximum Gasteiger partial charge on any atom is 0.263 e. The predicted molar refractivity (Wildman–Crippen MR) is 52.7 cm³/mol. The molecule has 0 aliphatic heterocycles. The molecule has 1 heterocycles. The summed E-state index contributed by atoms with van der Waals surface area (Å²) in [6.07, 6.45) is 2.42. The monoisotopic (exact) mass is 199 g/mol. The van der Waals surface area contributed by atoms with E-state index >= 15 is 0 Å². The summed E-state index contributed by atoms with van der Waals surface area (Å²) >= 11 is 1.33. The maximum absolute atomic E-state index is 11.3. The fourth-order valence-electron chi connectivity index (χ4n) is 0.783. The third kappa shape index (κ3) is 3.12. The first-order valence-electron chi connectivity index (χ1n) is 4.16. The molecule has 1 atom stereocenters. The second kappa shape index (κ2) is 4.94. The Morgan fingerprint density at radius 2 is 2.62 bits per heavy atom. The Balaban J connectivity index is 2.35. The molecule has 72 valence electrons. The standard InChI is InChI=1S/C8H13N3OS/c1-2-6(9)3-11-8(12)7-4-10-5-13-7/h4-6H,2-3,9H2,1H3,(H,11,12). The van der Waals surface area contributed by atoms with Gasteiger partial charge in [-0.05, 0) is 6.42 Å². The van der Waals surface area contributed by atoms with E-state index in [0.717, 1.165) is 6.42 Å². The van der Waals surface area contributed by atoms with Crippen LogP contribution in [0.1, 0.15) is 23.0 Å². The maximum atomic E-state index is 11.3. The first-order valence-corrected chi connectivity index (χ1v) is 5.04. The number of rotatable bonds is 4. The molecule has 0 aliphatic carbocycles. The van der Waals surface area contributed by atoms with Crippen molar-refractivity contribution in [3.63, 3.8) is 0 Å². The first-order chi connectivity index (χ1) is 6.24. The van der Waals surface area contributed by atoms with Crippen molar-refractivity contribution in [2.24, 2.45) is 5.73 Å². The molecule has 1 aromatic heterocycles. The minimum absolute atomic E-state index is 0.0388. The lowest BCUT2D eigenvalue weighted by Crippen LogP contribution is -2.36. The Bertz CT molecular complexity index is 260. The van der Waals surface area contributed by atoms with Crippen molar-refractivity contribution in [2.75, 3.05) is 6.54 Å². The van der Waals surface area contributed by atoms with Gasteiger partial charge in [0.15, 0.2) is 0 Å². The lowest BCUT2D eigenvalue weighted by atomic mass is 10.2. The summed E-state index contributed by atoms with van der Waals surface area (Å²) in [4.78, 5) is 15.8. The molecule has 0 saturated heterocycles. The zero-order valence-electron chi connectivity index (χ0n) is 7.49. The molecule has 0 radical (unpaired) electrons. The largest absolute Gasteiger partial charge is 0.350 e. The Kier molecular flexibility index (Phi) is 3.85. The van der Waals surface area contributed by atoms with Gasteiger partial charge in [0.1, 0.15) is 4.88 Å². The normalized spacial score (nSPS) is 12.5. The van der Waals surface area contributed by atoms with Gasteiger partial charge in [0.25, 0.3) is 5.91 Å². The minimum atomic E-state index is -0.0913. The number of amides is 1. The van der Waals surface area contributed by atoms with Gasteiger partial charge < -0.3 is 11.1 Å². The highest BCUT2D eigenvalue weighted by atomic mass is 32.1. The van der Waals surface area contributed by atoms with Gasteiger partial charge in [-0.15, -0.1) is 11.3 Å². The molecule has 0 aliphatic rings. The van der Waals surface area contributed by atoms with Gasteiger partial charge in [0.2, 0.25) is 0 Å². The van der Waals surface area contributed by atoms with Gasteiger partial charge in [-0.25, -0.2) is 0 Å². The molecule has 3 N–H and O–H groups in total. The van der Waals surface area contributed by atoms with Crippen LogP contribution in [0.15, 0.2) is 11.7 Å². The number of hydrogen-bond acceptors (Lipinski definition) is 4. The molecule has 1 amide bonds. The number of nitrogens with one attached hydrogen (secondary N) is 1. The number of carbonyl (C=O) groups is 1. The number of nitrogens with two attached hydrogens (primary N) is 1. The Morgan fingerprint density at radius 3 is 3.15 bits per heavy atom. The van der Waals surface area contributed by atoms with E-state index in [9.17, 15) is 4.79 Å². The third-order valence-electron chi connectivity index (χ3n) is 1.71. The van der Waals surface area contributed by atoms with E-state index in [0.29, 0.717) is 11.4 Å². The van der Waals surface area contributed by atoms with E-state index in [4.69, 9.17) is 5.73 Å². The molecule has 1 rings (SSSR count).